The number of carbonyl (C=O) groups excluding carboxylic acids is 1. The number of esters is 1. The highest BCUT2D eigenvalue weighted by molar-refractivity contribution is 6.30. The van der Waals surface area contributed by atoms with Crippen LogP contribution in [0, 0.1) is 5.92 Å². The Balaban J connectivity index is 2.63. The summed E-state index contributed by atoms with van der Waals surface area (Å²) in [5, 5.41) is 4.11. The van der Waals surface area contributed by atoms with Crippen molar-refractivity contribution in [1.82, 2.24) is 5.32 Å². The molecular weight excluding hydrogens is 274 g/mol. The summed E-state index contributed by atoms with van der Waals surface area (Å²) in [4.78, 5) is 11.8. The minimum absolute atomic E-state index is 0.189. The van der Waals surface area contributed by atoms with Gasteiger partial charge in [-0.25, -0.2) is 0 Å². The fourth-order valence-electron chi connectivity index (χ4n) is 2.17. The second-order valence-corrected chi connectivity index (χ2v) is 5.72. The number of ether oxygens (including phenoxy) is 1. The highest BCUT2D eigenvalue weighted by Crippen LogP contribution is 2.14. The molecule has 0 aliphatic rings. The Hall–Kier alpha value is -1.06. The highest BCUT2D eigenvalue weighted by atomic mass is 35.5. The number of methoxy groups -OCH3 is 1. The molecule has 0 saturated carbocycles. The fourth-order valence-corrected chi connectivity index (χ4v) is 2.29. The molecule has 0 saturated heterocycles. The standard InChI is InChI=1S/C16H24ClNO2/c1-5-11(2)15(16(19)20-4)18-12(3)10-13-6-8-14(17)9-7-13/h6-9,11-12,15,18H,5,10H2,1-4H3. The van der Waals surface area contributed by atoms with Crippen LogP contribution in [0.1, 0.15) is 32.8 Å². The van der Waals surface area contributed by atoms with E-state index < -0.39 is 0 Å². The van der Waals surface area contributed by atoms with Gasteiger partial charge in [0.15, 0.2) is 0 Å². The van der Waals surface area contributed by atoms with Gasteiger partial charge in [-0.2, -0.15) is 0 Å². The number of hydrogen-bond acceptors (Lipinski definition) is 3. The van der Waals surface area contributed by atoms with Crippen molar-refractivity contribution in [1.29, 1.82) is 0 Å². The molecule has 0 fully saturated rings. The summed E-state index contributed by atoms with van der Waals surface area (Å²) >= 11 is 5.88. The van der Waals surface area contributed by atoms with Gasteiger partial charge < -0.3 is 10.1 Å². The van der Waals surface area contributed by atoms with E-state index in [1.807, 2.05) is 24.3 Å². The third kappa shape index (κ3) is 5.14. The van der Waals surface area contributed by atoms with Crippen LogP contribution < -0.4 is 5.32 Å². The molecule has 3 unspecified atom stereocenters. The minimum atomic E-state index is -0.257. The van der Waals surface area contributed by atoms with Crippen LogP contribution >= 0.6 is 11.6 Å². The van der Waals surface area contributed by atoms with Gasteiger partial charge in [-0.15, -0.1) is 0 Å². The normalized spacial score (nSPS) is 15.4. The van der Waals surface area contributed by atoms with Gasteiger partial charge in [-0.1, -0.05) is 44.0 Å². The summed E-state index contributed by atoms with van der Waals surface area (Å²) in [7, 11) is 1.43. The largest absolute Gasteiger partial charge is 0.468 e. The molecule has 0 bridgehead atoms. The predicted octanol–water partition coefficient (Wildman–Crippen LogP) is 3.45. The monoisotopic (exact) mass is 297 g/mol. The van der Waals surface area contributed by atoms with Crippen LogP contribution in [0.5, 0.6) is 0 Å². The molecule has 1 aromatic rings. The highest BCUT2D eigenvalue weighted by Gasteiger charge is 2.26. The third-order valence-corrected chi connectivity index (χ3v) is 3.84. The fraction of sp³-hybridized carbons (Fsp3) is 0.562. The summed E-state index contributed by atoms with van der Waals surface area (Å²) in [6, 6.07) is 7.72. The molecule has 0 amide bonds. The van der Waals surface area contributed by atoms with Gasteiger partial charge in [0.05, 0.1) is 7.11 Å². The van der Waals surface area contributed by atoms with E-state index in [0.717, 1.165) is 17.9 Å². The summed E-state index contributed by atoms with van der Waals surface area (Å²) < 4.78 is 4.88. The van der Waals surface area contributed by atoms with Crippen molar-refractivity contribution in [2.45, 2.75) is 45.7 Å². The van der Waals surface area contributed by atoms with Crippen LogP contribution in [-0.4, -0.2) is 25.2 Å². The van der Waals surface area contributed by atoms with Crippen LogP contribution in [-0.2, 0) is 16.0 Å². The van der Waals surface area contributed by atoms with Crippen molar-refractivity contribution in [3.05, 3.63) is 34.9 Å². The van der Waals surface area contributed by atoms with Gasteiger partial charge in [0.1, 0.15) is 6.04 Å². The molecule has 4 heteroatoms. The first-order chi connectivity index (χ1) is 9.47. The molecule has 1 rings (SSSR count). The zero-order chi connectivity index (χ0) is 15.1. The summed E-state index contributed by atoms with van der Waals surface area (Å²) in [5.74, 6) is 0.0532. The second kappa shape index (κ2) is 8.28. The molecule has 20 heavy (non-hydrogen) atoms. The number of halogens is 1. The molecule has 0 aliphatic carbocycles. The van der Waals surface area contributed by atoms with Crippen molar-refractivity contribution >= 4 is 17.6 Å². The van der Waals surface area contributed by atoms with Crippen LogP contribution in [0.3, 0.4) is 0 Å². The SMILES string of the molecule is CCC(C)C(NC(C)Cc1ccc(Cl)cc1)C(=O)OC. The lowest BCUT2D eigenvalue weighted by atomic mass is 9.97. The van der Waals surface area contributed by atoms with E-state index in [2.05, 4.69) is 26.1 Å². The maximum absolute atomic E-state index is 11.8. The van der Waals surface area contributed by atoms with Crippen LogP contribution in [0.2, 0.25) is 5.02 Å². The molecule has 1 aromatic carbocycles. The van der Waals surface area contributed by atoms with Crippen LogP contribution in [0.25, 0.3) is 0 Å². The van der Waals surface area contributed by atoms with Crippen molar-refractivity contribution in [2.24, 2.45) is 5.92 Å². The van der Waals surface area contributed by atoms with Gasteiger partial charge in [0.2, 0.25) is 0 Å². The number of hydrogen-bond donors (Lipinski definition) is 1. The van der Waals surface area contributed by atoms with E-state index in [1.54, 1.807) is 0 Å². The average molecular weight is 298 g/mol. The first-order valence-corrected chi connectivity index (χ1v) is 7.44. The lowest BCUT2D eigenvalue weighted by Crippen LogP contribution is -2.47. The molecule has 112 valence electrons. The van der Waals surface area contributed by atoms with Gasteiger partial charge in [0.25, 0.3) is 0 Å². The molecule has 0 aliphatic heterocycles. The van der Waals surface area contributed by atoms with E-state index in [9.17, 15) is 4.79 Å². The molecule has 0 heterocycles. The van der Waals surface area contributed by atoms with Crippen molar-refractivity contribution in [3.63, 3.8) is 0 Å². The topological polar surface area (TPSA) is 38.3 Å². The molecule has 1 N–H and O–H groups in total. The maximum Gasteiger partial charge on any atom is 0.323 e. The summed E-state index contributed by atoms with van der Waals surface area (Å²) in [5.41, 5.74) is 1.20. The first kappa shape index (κ1) is 17.0. The Bertz CT molecular complexity index is 419. The minimum Gasteiger partial charge on any atom is -0.468 e. The van der Waals surface area contributed by atoms with Crippen molar-refractivity contribution < 1.29 is 9.53 Å². The smallest absolute Gasteiger partial charge is 0.323 e. The molecule has 3 atom stereocenters. The lowest BCUT2D eigenvalue weighted by Gasteiger charge is -2.25. The average Bonchev–Trinajstić information content (AvgIpc) is 2.45. The predicted molar refractivity (Wildman–Crippen MR) is 83.0 cm³/mol. The lowest BCUT2D eigenvalue weighted by molar-refractivity contribution is -0.144. The Morgan fingerprint density at radius 2 is 1.90 bits per heavy atom. The van der Waals surface area contributed by atoms with E-state index in [0.29, 0.717) is 0 Å². The summed E-state index contributed by atoms with van der Waals surface area (Å²) in [6.45, 7) is 6.21. The number of carbonyl (C=O) groups is 1. The van der Waals surface area contributed by atoms with E-state index in [1.165, 1.54) is 12.7 Å². The molecule has 3 nitrogen and oxygen atoms in total. The van der Waals surface area contributed by atoms with Crippen molar-refractivity contribution in [2.75, 3.05) is 7.11 Å². The number of benzene rings is 1. The molecule has 0 radical (unpaired) electrons. The van der Waals surface area contributed by atoms with Gasteiger partial charge in [-0.3, -0.25) is 4.79 Å². The van der Waals surface area contributed by atoms with Gasteiger partial charge >= 0.3 is 5.97 Å². The Labute approximate surface area is 126 Å². The quantitative estimate of drug-likeness (QED) is 0.784. The second-order valence-electron chi connectivity index (χ2n) is 5.28. The van der Waals surface area contributed by atoms with E-state index in [-0.39, 0.29) is 24.0 Å². The Morgan fingerprint density at radius 1 is 1.30 bits per heavy atom. The zero-order valence-corrected chi connectivity index (χ0v) is 13.4. The third-order valence-electron chi connectivity index (χ3n) is 3.59. The van der Waals surface area contributed by atoms with Crippen LogP contribution in [0.4, 0.5) is 0 Å². The van der Waals surface area contributed by atoms with Crippen molar-refractivity contribution in [3.8, 4) is 0 Å². The molecular formula is C16H24ClNO2. The summed E-state index contributed by atoms with van der Waals surface area (Å²) in [6.07, 6.45) is 1.78. The number of nitrogens with one attached hydrogen (secondary N) is 1. The molecule has 0 aromatic heterocycles. The molecule has 0 spiro atoms. The van der Waals surface area contributed by atoms with Gasteiger partial charge in [0, 0.05) is 11.1 Å². The Kier molecular flexibility index (Phi) is 7.03. The maximum atomic E-state index is 11.8. The first-order valence-electron chi connectivity index (χ1n) is 7.06. The zero-order valence-electron chi connectivity index (χ0n) is 12.7. The van der Waals surface area contributed by atoms with E-state index >= 15 is 0 Å². The Morgan fingerprint density at radius 3 is 2.40 bits per heavy atom. The van der Waals surface area contributed by atoms with Gasteiger partial charge in [-0.05, 0) is 37.0 Å². The number of rotatable bonds is 7. The van der Waals surface area contributed by atoms with Crippen LogP contribution in [0.15, 0.2) is 24.3 Å². The van der Waals surface area contributed by atoms with E-state index in [4.69, 9.17) is 16.3 Å².